The molecule has 0 aliphatic heterocycles. The molecule has 0 amide bonds. The summed E-state index contributed by atoms with van der Waals surface area (Å²) < 4.78 is 173. The van der Waals surface area contributed by atoms with Crippen LogP contribution in [-0.2, 0) is 30.4 Å². The third kappa shape index (κ3) is 67.8. The lowest BCUT2D eigenvalue weighted by atomic mass is 10.3. The second-order valence-corrected chi connectivity index (χ2v) is 19.3. The van der Waals surface area contributed by atoms with E-state index in [9.17, 15) is 39.5 Å². The molecule has 0 aliphatic carbocycles. The van der Waals surface area contributed by atoms with Gasteiger partial charge in [0.1, 0.15) is 0 Å². The molecular weight excluding hydrogens is 684 g/mol. The van der Waals surface area contributed by atoms with Crippen molar-refractivity contribution < 1.29 is 78.4 Å². The highest BCUT2D eigenvalue weighted by atomic mass is 32.2. The van der Waals surface area contributed by atoms with Crippen LogP contribution in [-0.4, -0.2) is 70.9 Å². The van der Waals surface area contributed by atoms with Gasteiger partial charge in [-0.3, -0.25) is 13.7 Å². The second kappa shape index (κ2) is 18.1. The Bertz CT molecular complexity index is 827. The normalized spacial score (nSPS) is 13.2. The summed E-state index contributed by atoms with van der Waals surface area (Å²) in [6, 6.07) is 0. The quantitative estimate of drug-likeness (QED) is 0.115. The Morgan fingerprint density at radius 3 is 0.410 bits per heavy atom. The molecule has 0 saturated heterocycles. The van der Waals surface area contributed by atoms with Crippen LogP contribution in [0.15, 0.2) is 0 Å². The first kappa shape index (κ1) is 52.1. The first-order chi connectivity index (χ1) is 15.8. The summed E-state index contributed by atoms with van der Waals surface area (Å²) in [6.45, 7) is 19.4. The van der Waals surface area contributed by atoms with Crippen molar-refractivity contribution in [2.45, 2.75) is 94.3 Å². The average molecular weight is 721 g/mol. The number of halogens is 9. The third-order valence-electron chi connectivity index (χ3n) is 0.877. The summed E-state index contributed by atoms with van der Waals surface area (Å²) in [5.41, 5.74) is -16.6. The SMILES string of the molecule is CC(C)(C)P.CC(C)(C)P.CC(C)(C)P.O=S(=O)(O)C(F)(F)F.O=S(=O)(O)C(F)(F)F.O=S(=O)(O)C(F)(F)F. The van der Waals surface area contributed by atoms with Crippen LogP contribution in [0.3, 0.4) is 0 Å². The standard InChI is InChI=1S/3C4H11P.3CHF3O3S/c3*1-4(2,3)5;3*2-1(3,4)8(5,6)7/h3*5H2,1-3H3;3*(H,5,6,7). The van der Waals surface area contributed by atoms with Crippen molar-refractivity contribution in [2.75, 3.05) is 0 Å². The Kier molecular flexibility index (Phi) is 24.2. The van der Waals surface area contributed by atoms with E-state index in [1.165, 1.54) is 0 Å². The van der Waals surface area contributed by atoms with Gasteiger partial charge in [0.15, 0.2) is 0 Å². The fourth-order valence-corrected chi connectivity index (χ4v) is 0. The molecule has 0 heterocycles. The lowest BCUT2D eigenvalue weighted by Crippen LogP contribution is -2.21. The van der Waals surface area contributed by atoms with Gasteiger partial charge in [-0.25, -0.2) is 0 Å². The molecule has 0 radical (unpaired) electrons. The van der Waals surface area contributed by atoms with E-state index in [0.29, 0.717) is 15.5 Å². The maximum absolute atomic E-state index is 10.7. The highest BCUT2D eigenvalue weighted by Crippen LogP contribution is 2.22. The summed E-state index contributed by atoms with van der Waals surface area (Å²) >= 11 is 0. The van der Waals surface area contributed by atoms with E-state index < -0.39 is 46.9 Å². The minimum Gasteiger partial charge on any atom is -0.279 e. The Morgan fingerprint density at radius 2 is 0.410 bits per heavy atom. The van der Waals surface area contributed by atoms with Crippen molar-refractivity contribution in [2.24, 2.45) is 0 Å². The van der Waals surface area contributed by atoms with Gasteiger partial charge in [0.05, 0.1) is 0 Å². The van der Waals surface area contributed by atoms with Crippen LogP contribution < -0.4 is 0 Å². The molecule has 0 aromatic heterocycles. The molecule has 0 spiro atoms. The zero-order valence-electron chi connectivity index (χ0n) is 22.1. The molecule has 0 saturated carbocycles. The monoisotopic (exact) mass is 720 g/mol. The molecule has 24 heteroatoms. The van der Waals surface area contributed by atoms with Crippen molar-refractivity contribution in [1.29, 1.82) is 0 Å². The predicted octanol–water partition coefficient (Wildman–Crippen LogP) is 6.16. The molecule has 0 aromatic rings. The minimum absolute atomic E-state index is 0.417. The van der Waals surface area contributed by atoms with Crippen LogP contribution in [0.2, 0.25) is 0 Å². The molecule has 3 N–H and O–H groups in total. The summed E-state index contributed by atoms with van der Waals surface area (Å²) in [5.74, 6) is 0. The van der Waals surface area contributed by atoms with Gasteiger partial charge in [0, 0.05) is 0 Å². The molecule has 0 aromatic carbocycles. The molecule has 3 atom stereocenters. The Hall–Kier alpha value is 0.390. The molecular formula is C15H36F9O9P3S3. The van der Waals surface area contributed by atoms with Gasteiger partial charge in [-0.05, 0) is 15.5 Å². The van der Waals surface area contributed by atoms with Gasteiger partial charge >= 0.3 is 46.9 Å². The zero-order chi connectivity index (χ0) is 34.5. The molecule has 3 unspecified atom stereocenters. The third-order valence-corrected chi connectivity index (χ3v) is 2.63. The average Bonchev–Trinajstić information content (AvgIpc) is 2.35. The largest absolute Gasteiger partial charge is 0.522 e. The van der Waals surface area contributed by atoms with E-state index in [2.05, 4.69) is 90.0 Å². The Labute approximate surface area is 230 Å². The van der Waals surface area contributed by atoms with E-state index in [1.54, 1.807) is 0 Å². The number of alkyl halides is 9. The van der Waals surface area contributed by atoms with Gasteiger partial charge in [-0.2, -0.15) is 64.8 Å². The molecule has 9 nitrogen and oxygen atoms in total. The Morgan fingerprint density at radius 1 is 0.385 bits per heavy atom. The van der Waals surface area contributed by atoms with Gasteiger partial charge in [0.25, 0.3) is 0 Å². The summed E-state index contributed by atoms with van der Waals surface area (Å²) in [5, 5.41) is 1.25. The van der Waals surface area contributed by atoms with Crippen molar-refractivity contribution >= 4 is 58.1 Å². The van der Waals surface area contributed by atoms with Gasteiger partial charge < -0.3 is 0 Å². The van der Waals surface area contributed by atoms with Crippen molar-refractivity contribution in [3.63, 3.8) is 0 Å². The van der Waals surface area contributed by atoms with Gasteiger partial charge in [-0.15, -0.1) is 27.7 Å². The van der Waals surface area contributed by atoms with Crippen LogP contribution in [0.4, 0.5) is 39.5 Å². The molecule has 0 bridgehead atoms. The van der Waals surface area contributed by atoms with Crippen LogP contribution in [0.1, 0.15) is 62.3 Å². The number of rotatable bonds is 0. The topological polar surface area (TPSA) is 163 Å². The number of hydrogen-bond donors (Lipinski definition) is 3. The first-order valence-electron chi connectivity index (χ1n) is 9.23. The molecule has 0 aliphatic rings. The lowest BCUT2D eigenvalue weighted by molar-refractivity contribution is -0.0514. The Balaban J connectivity index is -0.0000000850. The van der Waals surface area contributed by atoms with Crippen LogP contribution in [0.5, 0.6) is 0 Å². The maximum atomic E-state index is 10.7. The van der Waals surface area contributed by atoms with E-state index >= 15 is 0 Å². The zero-order valence-corrected chi connectivity index (χ0v) is 28.1. The van der Waals surface area contributed by atoms with Crippen LogP contribution in [0, 0.1) is 0 Å². The van der Waals surface area contributed by atoms with Crippen LogP contribution >= 0.6 is 27.7 Å². The summed E-state index contributed by atoms with van der Waals surface area (Å²) in [6.07, 6.45) is 0. The highest BCUT2D eigenvalue weighted by molar-refractivity contribution is 7.87. The van der Waals surface area contributed by atoms with Gasteiger partial charge in [0.2, 0.25) is 0 Å². The first-order valence-corrected chi connectivity index (χ1v) is 15.3. The predicted molar refractivity (Wildman–Crippen MR) is 141 cm³/mol. The summed E-state index contributed by atoms with van der Waals surface area (Å²) in [4.78, 5) is 0. The second-order valence-electron chi connectivity index (χ2n) is 9.86. The fraction of sp³-hybridized carbons (Fsp3) is 1.00. The minimum atomic E-state index is -5.84. The number of hydrogen-bond acceptors (Lipinski definition) is 6. The van der Waals surface area contributed by atoms with E-state index in [0.717, 1.165) is 0 Å². The van der Waals surface area contributed by atoms with Crippen molar-refractivity contribution in [3.05, 3.63) is 0 Å². The van der Waals surface area contributed by atoms with E-state index in [4.69, 9.17) is 38.9 Å². The van der Waals surface area contributed by atoms with Gasteiger partial charge in [-0.1, -0.05) is 62.3 Å². The van der Waals surface area contributed by atoms with Crippen molar-refractivity contribution in [1.82, 2.24) is 0 Å². The lowest BCUT2D eigenvalue weighted by Gasteiger charge is -2.05. The smallest absolute Gasteiger partial charge is 0.279 e. The van der Waals surface area contributed by atoms with Crippen molar-refractivity contribution in [3.8, 4) is 0 Å². The maximum Gasteiger partial charge on any atom is 0.522 e. The van der Waals surface area contributed by atoms with Crippen LogP contribution in [0.25, 0.3) is 0 Å². The summed E-state index contributed by atoms with van der Waals surface area (Å²) in [7, 11) is -9.38. The van der Waals surface area contributed by atoms with E-state index in [1.807, 2.05) is 0 Å². The molecule has 39 heavy (non-hydrogen) atoms. The molecule has 246 valence electrons. The molecule has 0 fully saturated rings. The van der Waals surface area contributed by atoms with E-state index in [-0.39, 0.29) is 0 Å². The molecule has 0 rings (SSSR count). The highest BCUT2D eigenvalue weighted by Gasteiger charge is 2.45. The fourth-order valence-electron chi connectivity index (χ4n) is 0.